The van der Waals surface area contributed by atoms with Crippen LogP contribution < -0.4 is 0 Å². The first-order chi connectivity index (χ1) is 15.4. The van der Waals surface area contributed by atoms with E-state index in [0.29, 0.717) is 5.92 Å². The summed E-state index contributed by atoms with van der Waals surface area (Å²) in [5.41, 5.74) is 7.55. The SMILES string of the molecule is CC(C)Cc1ccc2cnc(-c3cccc4c3C(C)(C)c3c-4sc4ccccc34)nc2c1. The molecule has 158 valence electrons. The molecule has 2 nitrogen and oxygen atoms in total. The molecule has 0 N–H and O–H groups in total. The van der Waals surface area contributed by atoms with E-state index in [-0.39, 0.29) is 5.41 Å². The number of aromatic nitrogens is 2. The van der Waals surface area contributed by atoms with Crippen LogP contribution in [0.4, 0.5) is 0 Å². The van der Waals surface area contributed by atoms with Crippen LogP contribution in [0, 0.1) is 5.92 Å². The molecule has 0 atom stereocenters. The quantitative estimate of drug-likeness (QED) is 0.287. The van der Waals surface area contributed by atoms with Crippen molar-refractivity contribution in [2.45, 2.75) is 39.5 Å². The highest BCUT2D eigenvalue weighted by molar-refractivity contribution is 7.22. The third kappa shape index (κ3) is 2.84. The van der Waals surface area contributed by atoms with E-state index in [9.17, 15) is 0 Å². The molecule has 0 saturated heterocycles. The molecule has 0 unspecified atom stereocenters. The number of nitrogens with zero attached hydrogens (tertiary/aromatic N) is 2. The summed E-state index contributed by atoms with van der Waals surface area (Å²) in [7, 11) is 0. The van der Waals surface area contributed by atoms with Crippen molar-refractivity contribution in [3.63, 3.8) is 0 Å². The Hall–Kier alpha value is -3.04. The number of hydrogen-bond donors (Lipinski definition) is 0. The third-order valence-corrected chi connectivity index (χ3v) is 7.89. The summed E-state index contributed by atoms with van der Waals surface area (Å²) >= 11 is 1.90. The summed E-state index contributed by atoms with van der Waals surface area (Å²) in [6.45, 7) is 9.21. The average molecular weight is 435 g/mol. The molecule has 2 heterocycles. The van der Waals surface area contributed by atoms with Gasteiger partial charge in [-0.15, -0.1) is 11.3 Å². The predicted octanol–water partition coefficient (Wildman–Crippen LogP) is 8.02. The second-order valence-electron chi connectivity index (χ2n) is 9.84. The Kier molecular flexibility index (Phi) is 4.28. The lowest BCUT2D eigenvalue weighted by Crippen LogP contribution is -2.16. The van der Waals surface area contributed by atoms with Gasteiger partial charge in [-0.3, -0.25) is 0 Å². The first-order valence-corrected chi connectivity index (χ1v) is 12.2. The van der Waals surface area contributed by atoms with E-state index in [1.807, 2.05) is 17.5 Å². The number of fused-ring (bicyclic) bond motifs is 6. The highest BCUT2D eigenvalue weighted by atomic mass is 32.1. The van der Waals surface area contributed by atoms with Gasteiger partial charge >= 0.3 is 0 Å². The van der Waals surface area contributed by atoms with Crippen LogP contribution in [0.5, 0.6) is 0 Å². The van der Waals surface area contributed by atoms with Crippen LogP contribution in [-0.2, 0) is 11.8 Å². The minimum absolute atomic E-state index is 0.0985. The van der Waals surface area contributed by atoms with Gasteiger partial charge in [0.1, 0.15) is 0 Å². The van der Waals surface area contributed by atoms with E-state index in [0.717, 1.165) is 28.7 Å². The molecule has 0 saturated carbocycles. The molecule has 0 bridgehead atoms. The van der Waals surface area contributed by atoms with Crippen molar-refractivity contribution in [3.8, 4) is 21.8 Å². The standard InChI is InChI=1S/C29H26N2S/c1-17(2)14-18-12-13-19-16-30-28(31-23(19)15-18)22-10-7-9-21-25(22)29(3,4)26-20-8-5-6-11-24(20)32-27(21)26/h5-13,15-17H,14H2,1-4H3. The Bertz CT molecular complexity index is 1510. The van der Waals surface area contributed by atoms with Crippen LogP contribution in [0.2, 0.25) is 0 Å². The first-order valence-electron chi connectivity index (χ1n) is 11.4. The number of benzene rings is 3. The summed E-state index contributed by atoms with van der Waals surface area (Å²) in [6, 6.07) is 22.0. The fourth-order valence-corrected chi connectivity index (χ4v) is 6.77. The van der Waals surface area contributed by atoms with Crippen LogP contribution in [0.25, 0.3) is 42.8 Å². The summed E-state index contributed by atoms with van der Waals surface area (Å²) < 4.78 is 1.36. The lowest BCUT2D eigenvalue weighted by Gasteiger charge is -2.24. The van der Waals surface area contributed by atoms with Gasteiger partial charge in [0.25, 0.3) is 0 Å². The summed E-state index contributed by atoms with van der Waals surface area (Å²) in [5, 5.41) is 2.47. The lowest BCUT2D eigenvalue weighted by atomic mass is 9.79. The zero-order valence-electron chi connectivity index (χ0n) is 18.9. The Morgan fingerprint density at radius 2 is 1.72 bits per heavy atom. The van der Waals surface area contributed by atoms with Gasteiger partial charge in [-0.1, -0.05) is 76.2 Å². The third-order valence-electron chi connectivity index (χ3n) is 6.69. The van der Waals surface area contributed by atoms with Gasteiger partial charge in [-0.2, -0.15) is 0 Å². The van der Waals surface area contributed by atoms with Crippen LogP contribution in [-0.4, -0.2) is 9.97 Å². The van der Waals surface area contributed by atoms with Gasteiger partial charge < -0.3 is 0 Å². The van der Waals surface area contributed by atoms with E-state index in [1.165, 1.54) is 37.2 Å². The molecule has 0 amide bonds. The summed E-state index contributed by atoms with van der Waals surface area (Å²) in [6.07, 6.45) is 3.04. The lowest BCUT2D eigenvalue weighted by molar-refractivity contribution is 0.647. The average Bonchev–Trinajstić information content (AvgIpc) is 3.27. The molecule has 3 aromatic carbocycles. The van der Waals surface area contributed by atoms with Crippen molar-refractivity contribution in [2.24, 2.45) is 5.92 Å². The maximum atomic E-state index is 5.06. The number of thiophene rings is 1. The van der Waals surface area contributed by atoms with Crippen molar-refractivity contribution < 1.29 is 0 Å². The second kappa shape index (κ2) is 6.98. The van der Waals surface area contributed by atoms with E-state index < -0.39 is 0 Å². The Balaban J connectivity index is 1.55. The minimum atomic E-state index is -0.0985. The Labute approximate surface area is 193 Å². The van der Waals surface area contributed by atoms with Crippen molar-refractivity contribution in [1.29, 1.82) is 0 Å². The molecule has 3 heteroatoms. The maximum absolute atomic E-state index is 5.06. The Morgan fingerprint density at radius 3 is 2.56 bits per heavy atom. The van der Waals surface area contributed by atoms with Crippen LogP contribution >= 0.6 is 11.3 Å². The highest BCUT2D eigenvalue weighted by Gasteiger charge is 2.40. The van der Waals surface area contributed by atoms with Crippen molar-refractivity contribution in [2.75, 3.05) is 0 Å². The van der Waals surface area contributed by atoms with Gasteiger partial charge in [0, 0.05) is 32.1 Å². The van der Waals surface area contributed by atoms with Crippen molar-refractivity contribution in [3.05, 3.63) is 83.6 Å². The highest BCUT2D eigenvalue weighted by Crippen LogP contribution is 2.57. The fourth-order valence-electron chi connectivity index (χ4n) is 5.38. The van der Waals surface area contributed by atoms with Crippen molar-refractivity contribution in [1.82, 2.24) is 9.97 Å². The molecule has 2 aromatic heterocycles. The molecule has 0 radical (unpaired) electrons. The zero-order chi connectivity index (χ0) is 22.0. The van der Waals surface area contributed by atoms with E-state index in [2.05, 4.69) is 88.4 Å². The predicted molar refractivity (Wildman–Crippen MR) is 136 cm³/mol. The summed E-state index contributed by atoms with van der Waals surface area (Å²) in [5.74, 6) is 1.45. The molecule has 1 aliphatic carbocycles. The summed E-state index contributed by atoms with van der Waals surface area (Å²) in [4.78, 5) is 11.3. The zero-order valence-corrected chi connectivity index (χ0v) is 19.8. The molecule has 1 aliphatic rings. The largest absolute Gasteiger partial charge is 0.236 e. The van der Waals surface area contributed by atoms with Gasteiger partial charge in [0.15, 0.2) is 5.82 Å². The van der Waals surface area contributed by atoms with E-state index in [1.54, 1.807) is 0 Å². The minimum Gasteiger partial charge on any atom is -0.236 e. The molecule has 6 rings (SSSR count). The number of rotatable bonds is 3. The fraction of sp³-hybridized carbons (Fsp3) is 0.241. The van der Waals surface area contributed by atoms with Gasteiger partial charge in [0.2, 0.25) is 0 Å². The van der Waals surface area contributed by atoms with E-state index in [4.69, 9.17) is 9.97 Å². The first kappa shape index (κ1) is 19.6. The van der Waals surface area contributed by atoms with Gasteiger partial charge in [-0.05, 0) is 52.1 Å². The van der Waals surface area contributed by atoms with Gasteiger partial charge in [0.05, 0.1) is 5.52 Å². The molecule has 0 aliphatic heterocycles. The van der Waals surface area contributed by atoms with E-state index >= 15 is 0 Å². The number of hydrogen-bond acceptors (Lipinski definition) is 3. The van der Waals surface area contributed by atoms with Crippen LogP contribution in [0.3, 0.4) is 0 Å². The monoisotopic (exact) mass is 434 g/mol. The Morgan fingerprint density at radius 1 is 0.906 bits per heavy atom. The normalized spacial score (nSPS) is 14.3. The van der Waals surface area contributed by atoms with Crippen molar-refractivity contribution >= 4 is 32.3 Å². The molecular formula is C29H26N2S. The maximum Gasteiger partial charge on any atom is 0.160 e. The molecule has 0 spiro atoms. The molecular weight excluding hydrogens is 408 g/mol. The van der Waals surface area contributed by atoms with Crippen LogP contribution in [0.1, 0.15) is 44.4 Å². The molecule has 5 aromatic rings. The second-order valence-corrected chi connectivity index (χ2v) is 10.9. The molecule has 32 heavy (non-hydrogen) atoms. The van der Waals surface area contributed by atoms with Crippen LogP contribution in [0.15, 0.2) is 66.9 Å². The topological polar surface area (TPSA) is 25.8 Å². The smallest absolute Gasteiger partial charge is 0.160 e. The van der Waals surface area contributed by atoms with Gasteiger partial charge in [-0.25, -0.2) is 9.97 Å². The molecule has 0 fully saturated rings.